The molecular formula is C15H17N3O4. The van der Waals surface area contributed by atoms with E-state index in [1.54, 1.807) is 6.07 Å². The lowest BCUT2D eigenvalue weighted by Crippen LogP contribution is -2.47. The zero-order valence-corrected chi connectivity index (χ0v) is 12.2. The molecule has 0 aromatic heterocycles. The molecule has 2 rings (SSSR count). The van der Waals surface area contributed by atoms with Crippen LogP contribution in [0.15, 0.2) is 18.2 Å². The van der Waals surface area contributed by atoms with Gasteiger partial charge in [-0.3, -0.25) is 24.5 Å². The molecule has 1 atom stereocenters. The Bertz CT molecular complexity index is 642. The number of aldehydes is 1. The fourth-order valence-corrected chi connectivity index (χ4v) is 2.49. The van der Waals surface area contributed by atoms with E-state index in [9.17, 15) is 19.2 Å². The summed E-state index contributed by atoms with van der Waals surface area (Å²) in [6.45, 7) is 0. The minimum absolute atomic E-state index is 0.0726. The summed E-state index contributed by atoms with van der Waals surface area (Å²) in [7, 11) is 1.46. The van der Waals surface area contributed by atoms with Crippen LogP contribution in [-0.4, -0.2) is 42.0 Å². The van der Waals surface area contributed by atoms with Gasteiger partial charge in [0.2, 0.25) is 11.8 Å². The van der Waals surface area contributed by atoms with Crippen LogP contribution in [0.5, 0.6) is 0 Å². The van der Waals surface area contributed by atoms with Gasteiger partial charge in [-0.1, -0.05) is 12.1 Å². The van der Waals surface area contributed by atoms with E-state index >= 15 is 0 Å². The summed E-state index contributed by atoms with van der Waals surface area (Å²) >= 11 is 0. The van der Waals surface area contributed by atoms with Gasteiger partial charge in [-0.25, -0.2) is 0 Å². The third-order valence-electron chi connectivity index (χ3n) is 3.70. The monoisotopic (exact) mass is 303 g/mol. The van der Waals surface area contributed by atoms with Crippen molar-refractivity contribution < 1.29 is 19.2 Å². The highest BCUT2D eigenvalue weighted by molar-refractivity contribution is 6.08. The average molecular weight is 303 g/mol. The Kier molecular flexibility index (Phi) is 4.55. The Morgan fingerprint density at radius 3 is 2.82 bits per heavy atom. The van der Waals surface area contributed by atoms with Crippen LogP contribution in [0.3, 0.4) is 0 Å². The van der Waals surface area contributed by atoms with Crippen molar-refractivity contribution in [1.29, 1.82) is 0 Å². The summed E-state index contributed by atoms with van der Waals surface area (Å²) < 4.78 is 0. The maximum atomic E-state index is 12.6. The van der Waals surface area contributed by atoms with E-state index in [1.165, 1.54) is 24.1 Å². The minimum atomic E-state index is -0.766. The highest BCUT2D eigenvalue weighted by atomic mass is 16.2. The van der Waals surface area contributed by atoms with Gasteiger partial charge >= 0.3 is 0 Å². The van der Waals surface area contributed by atoms with Crippen LogP contribution in [0.4, 0.5) is 5.69 Å². The van der Waals surface area contributed by atoms with Crippen molar-refractivity contribution in [3.63, 3.8) is 0 Å². The molecule has 0 aliphatic carbocycles. The van der Waals surface area contributed by atoms with E-state index in [0.717, 1.165) is 0 Å². The number of nitrogens with one attached hydrogen (secondary N) is 1. The van der Waals surface area contributed by atoms with E-state index in [4.69, 9.17) is 5.73 Å². The first kappa shape index (κ1) is 15.7. The molecule has 0 saturated carbocycles. The smallest absolute Gasteiger partial charge is 0.257 e. The molecular weight excluding hydrogens is 286 g/mol. The summed E-state index contributed by atoms with van der Waals surface area (Å²) in [5, 5.41) is 2.25. The van der Waals surface area contributed by atoms with Gasteiger partial charge in [0.1, 0.15) is 6.04 Å². The lowest BCUT2D eigenvalue weighted by atomic mass is 10.0. The van der Waals surface area contributed by atoms with Crippen molar-refractivity contribution in [2.24, 2.45) is 0 Å². The quantitative estimate of drug-likeness (QED) is 0.475. The molecule has 1 heterocycles. The van der Waals surface area contributed by atoms with Crippen molar-refractivity contribution in [2.45, 2.75) is 25.3 Å². The number of rotatable bonds is 3. The van der Waals surface area contributed by atoms with Gasteiger partial charge in [-0.15, -0.1) is 0 Å². The summed E-state index contributed by atoms with van der Waals surface area (Å²) in [6, 6.07) is 3.82. The normalized spacial score (nSPS) is 18.3. The van der Waals surface area contributed by atoms with Crippen molar-refractivity contribution >= 4 is 29.7 Å². The number of anilines is 1. The van der Waals surface area contributed by atoms with Crippen LogP contribution in [0, 0.1) is 0 Å². The van der Waals surface area contributed by atoms with Crippen LogP contribution in [0.2, 0.25) is 0 Å². The standard InChI is InChI=1S/C15H17N3O4/c1-18(11-6-3-7-12(20)17-14(11)21)15(22)13-9(8-19)4-2-5-10(13)16/h2,4-5,8,11H,3,6-7,16H2,1H3,(H,17,20,21). The molecule has 7 heteroatoms. The molecule has 22 heavy (non-hydrogen) atoms. The number of nitrogens with two attached hydrogens (primary N) is 1. The van der Waals surface area contributed by atoms with Crippen LogP contribution in [0.1, 0.15) is 40.0 Å². The number of benzene rings is 1. The van der Waals surface area contributed by atoms with Gasteiger partial charge in [0.15, 0.2) is 6.29 Å². The summed E-state index contributed by atoms with van der Waals surface area (Å²) in [5.74, 6) is -1.38. The van der Waals surface area contributed by atoms with E-state index in [1.807, 2.05) is 0 Å². The Labute approximate surface area is 127 Å². The van der Waals surface area contributed by atoms with E-state index < -0.39 is 17.9 Å². The number of carbonyl (C=O) groups excluding carboxylic acids is 4. The number of likely N-dealkylation sites (N-methyl/N-ethyl adjacent to an activating group) is 1. The Morgan fingerprint density at radius 1 is 1.41 bits per heavy atom. The topological polar surface area (TPSA) is 110 Å². The highest BCUT2D eigenvalue weighted by Crippen LogP contribution is 2.21. The van der Waals surface area contributed by atoms with Crippen molar-refractivity contribution in [3.8, 4) is 0 Å². The van der Waals surface area contributed by atoms with Crippen molar-refractivity contribution in [2.75, 3.05) is 12.8 Å². The third kappa shape index (κ3) is 2.98. The molecule has 1 fully saturated rings. The SMILES string of the molecule is CN(C(=O)c1c(N)cccc1C=O)C1CCCC(=O)NC1=O. The highest BCUT2D eigenvalue weighted by Gasteiger charge is 2.32. The molecule has 116 valence electrons. The first-order valence-electron chi connectivity index (χ1n) is 6.90. The zero-order chi connectivity index (χ0) is 16.3. The van der Waals surface area contributed by atoms with Gasteiger partial charge in [-0.05, 0) is 18.9 Å². The second-order valence-electron chi connectivity index (χ2n) is 5.17. The molecule has 0 radical (unpaired) electrons. The predicted octanol–water partition coefficient (Wildman–Crippen LogP) is 0.349. The predicted molar refractivity (Wildman–Crippen MR) is 79.1 cm³/mol. The molecule has 1 saturated heterocycles. The molecule has 1 aliphatic heterocycles. The lowest BCUT2D eigenvalue weighted by molar-refractivity contribution is -0.131. The molecule has 0 bridgehead atoms. The van der Waals surface area contributed by atoms with E-state index in [2.05, 4.69) is 5.32 Å². The van der Waals surface area contributed by atoms with Gasteiger partial charge in [0.25, 0.3) is 5.91 Å². The maximum absolute atomic E-state index is 12.6. The Morgan fingerprint density at radius 2 is 2.14 bits per heavy atom. The van der Waals surface area contributed by atoms with Crippen LogP contribution < -0.4 is 11.1 Å². The molecule has 1 aliphatic rings. The second-order valence-corrected chi connectivity index (χ2v) is 5.17. The molecule has 3 N–H and O–H groups in total. The van der Waals surface area contributed by atoms with Gasteiger partial charge in [0, 0.05) is 24.7 Å². The zero-order valence-electron chi connectivity index (χ0n) is 12.2. The van der Waals surface area contributed by atoms with Gasteiger partial charge in [0.05, 0.1) is 5.56 Å². The number of nitrogen functional groups attached to an aromatic ring is 1. The first-order valence-corrected chi connectivity index (χ1v) is 6.90. The summed E-state index contributed by atoms with van der Waals surface area (Å²) in [6.07, 6.45) is 1.68. The average Bonchev–Trinajstić information content (AvgIpc) is 2.65. The maximum Gasteiger partial charge on any atom is 0.257 e. The van der Waals surface area contributed by atoms with E-state index in [-0.39, 0.29) is 29.1 Å². The fraction of sp³-hybridized carbons (Fsp3) is 0.333. The molecule has 0 spiro atoms. The molecule has 3 amide bonds. The van der Waals surface area contributed by atoms with Gasteiger partial charge < -0.3 is 10.6 Å². The molecule has 1 aromatic carbocycles. The number of nitrogens with zero attached hydrogens (tertiary/aromatic N) is 1. The Balaban J connectivity index is 2.31. The Hall–Kier alpha value is -2.70. The summed E-state index contributed by atoms with van der Waals surface area (Å²) in [5.41, 5.74) is 6.21. The van der Waals surface area contributed by atoms with E-state index in [0.29, 0.717) is 19.1 Å². The number of imide groups is 1. The van der Waals surface area contributed by atoms with Crippen molar-refractivity contribution in [1.82, 2.24) is 10.2 Å². The number of carbonyl (C=O) groups is 4. The summed E-state index contributed by atoms with van der Waals surface area (Å²) in [4.78, 5) is 48.3. The molecule has 1 unspecified atom stereocenters. The number of hydrogen-bond donors (Lipinski definition) is 2. The minimum Gasteiger partial charge on any atom is -0.398 e. The third-order valence-corrected chi connectivity index (χ3v) is 3.70. The van der Waals surface area contributed by atoms with Crippen molar-refractivity contribution in [3.05, 3.63) is 29.3 Å². The number of amides is 3. The fourth-order valence-electron chi connectivity index (χ4n) is 2.49. The van der Waals surface area contributed by atoms with Crippen LogP contribution in [0.25, 0.3) is 0 Å². The second kappa shape index (κ2) is 6.38. The molecule has 1 aromatic rings. The van der Waals surface area contributed by atoms with Crippen LogP contribution >= 0.6 is 0 Å². The first-order chi connectivity index (χ1) is 10.5. The lowest BCUT2D eigenvalue weighted by Gasteiger charge is -2.26. The number of hydrogen-bond acceptors (Lipinski definition) is 5. The van der Waals surface area contributed by atoms with Gasteiger partial charge in [-0.2, -0.15) is 0 Å². The largest absolute Gasteiger partial charge is 0.398 e. The van der Waals surface area contributed by atoms with Crippen LogP contribution in [-0.2, 0) is 9.59 Å². The molecule has 7 nitrogen and oxygen atoms in total.